The van der Waals surface area contributed by atoms with Crippen molar-refractivity contribution in [1.82, 2.24) is 0 Å². The molecule has 0 aromatic heterocycles. The van der Waals surface area contributed by atoms with Gasteiger partial charge in [0.25, 0.3) is 0 Å². The van der Waals surface area contributed by atoms with E-state index >= 15 is 0 Å². The molecule has 0 heterocycles. The minimum Gasteiger partial charge on any atom is -0.193 e. The van der Waals surface area contributed by atoms with E-state index in [4.69, 9.17) is 16.9 Å². The molecule has 0 atom stereocenters. The first-order chi connectivity index (χ1) is 7.19. The molecule has 1 aromatic carbocycles. The number of hydrogen-bond donors (Lipinski definition) is 0. The van der Waals surface area contributed by atoms with Gasteiger partial charge in [0.15, 0.2) is 0 Å². The van der Waals surface area contributed by atoms with Gasteiger partial charge in [0, 0.05) is 5.57 Å². The molecule has 0 N–H and O–H groups in total. The number of allylic oxidation sites excluding steroid dienone is 1. The molecule has 0 aliphatic rings. The smallest absolute Gasteiger partial charge is 0.0962 e. The predicted molar refractivity (Wildman–Crippen MR) is 64.5 cm³/mol. The zero-order valence-corrected chi connectivity index (χ0v) is 9.80. The Hall–Kier alpha value is -1.26. The summed E-state index contributed by atoms with van der Waals surface area (Å²) in [6.45, 7) is 4.06. The van der Waals surface area contributed by atoms with Crippen LogP contribution in [0.3, 0.4) is 0 Å². The van der Waals surface area contributed by atoms with E-state index in [9.17, 15) is 0 Å². The Morgan fingerprint density at radius 3 is 2.40 bits per heavy atom. The summed E-state index contributed by atoms with van der Waals surface area (Å²) < 4.78 is 0. The Morgan fingerprint density at radius 1 is 1.33 bits per heavy atom. The van der Waals surface area contributed by atoms with Gasteiger partial charge in [-0.05, 0) is 18.9 Å². The molecule has 0 fully saturated rings. The van der Waals surface area contributed by atoms with Crippen molar-refractivity contribution in [3.8, 4) is 6.07 Å². The van der Waals surface area contributed by atoms with Crippen LogP contribution in [0.1, 0.15) is 30.9 Å². The average molecular weight is 220 g/mol. The maximum absolute atomic E-state index is 8.95. The predicted octanol–water partition coefficient (Wildman–Crippen LogP) is 4.27. The summed E-state index contributed by atoms with van der Waals surface area (Å²) in [6, 6.07) is 10.1. The lowest BCUT2D eigenvalue weighted by Gasteiger charge is -2.03. The second kappa shape index (κ2) is 5.58. The SMILES string of the molecule is CCCC(C#N)=C(Cl)c1ccc(C)cc1. The maximum atomic E-state index is 8.95. The van der Waals surface area contributed by atoms with Crippen LogP contribution in [0.25, 0.3) is 5.03 Å². The third-order valence-electron chi connectivity index (χ3n) is 2.20. The topological polar surface area (TPSA) is 23.8 Å². The lowest BCUT2D eigenvalue weighted by atomic mass is 10.1. The number of halogens is 1. The highest BCUT2D eigenvalue weighted by molar-refractivity contribution is 6.49. The van der Waals surface area contributed by atoms with Crippen LogP contribution in [0.2, 0.25) is 0 Å². The minimum absolute atomic E-state index is 0.583. The fraction of sp³-hybridized carbons (Fsp3) is 0.308. The molecule has 0 unspecified atom stereocenters. The Kier molecular flexibility index (Phi) is 4.39. The molecule has 0 amide bonds. The van der Waals surface area contributed by atoms with Gasteiger partial charge in [-0.3, -0.25) is 0 Å². The van der Waals surface area contributed by atoms with E-state index in [0.29, 0.717) is 10.6 Å². The lowest BCUT2D eigenvalue weighted by Crippen LogP contribution is -1.85. The van der Waals surface area contributed by atoms with Crippen LogP contribution >= 0.6 is 11.6 Å². The molecule has 1 nitrogen and oxygen atoms in total. The summed E-state index contributed by atoms with van der Waals surface area (Å²) in [5.74, 6) is 0. The van der Waals surface area contributed by atoms with Crippen LogP contribution in [0.15, 0.2) is 29.8 Å². The highest BCUT2D eigenvalue weighted by atomic mass is 35.5. The van der Waals surface area contributed by atoms with Gasteiger partial charge < -0.3 is 0 Å². The number of hydrogen-bond acceptors (Lipinski definition) is 1. The van der Waals surface area contributed by atoms with Crippen molar-refractivity contribution in [2.75, 3.05) is 0 Å². The highest BCUT2D eigenvalue weighted by Gasteiger charge is 2.05. The molecule has 0 spiro atoms. The van der Waals surface area contributed by atoms with Gasteiger partial charge in [-0.2, -0.15) is 5.26 Å². The first-order valence-electron chi connectivity index (χ1n) is 5.04. The van der Waals surface area contributed by atoms with Gasteiger partial charge in [0.2, 0.25) is 0 Å². The van der Waals surface area contributed by atoms with Crippen molar-refractivity contribution in [3.05, 3.63) is 41.0 Å². The Labute approximate surface area is 96.0 Å². The van der Waals surface area contributed by atoms with Crippen LogP contribution in [0, 0.1) is 18.3 Å². The Balaban J connectivity index is 3.06. The first-order valence-corrected chi connectivity index (χ1v) is 5.42. The molecule has 1 aromatic rings. The van der Waals surface area contributed by atoms with Crippen LogP contribution < -0.4 is 0 Å². The van der Waals surface area contributed by atoms with Crippen LogP contribution in [0.4, 0.5) is 0 Å². The van der Waals surface area contributed by atoms with Crippen molar-refractivity contribution in [1.29, 1.82) is 5.26 Å². The van der Waals surface area contributed by atoms with E-state index in [-0.39, 0.29) is 0 Å². The number of aryl methyl sites for hydroxylation is 1. The molecule has 78 valence electrons. The monoisotopic (exact) mass is 219 g/mol. The molecule has 0 saturated heterocycles. The summed E-state index contributed by atoms with van der Waals surface area (Å²) in [5, 5.41) is 9.53. The van der Waals surface area contributed by atoms with E-state index in [1.54, 1.807) is 0 Å². The van der Waals surface area contributed by atoms with Gasteiger partial charge in [0.1, 0.15) is 0 Å². The lowest BCUT2D eigenvalue weighted by molar-refractivity contribution is 0.933. The van der Waals surface area contributed by atoms with Crippen molar-refractivity contribution in [2.24, 2.45) is 0 Å². The minimum atomic E-state index is 0.583. The number of benzene rings is 1. The van der Waals surface area contributed by atoms with Crippen molar-refractivity contribution >= 4 is 16.6 Å². The molecule has 0 aliphatic carbocycles. The summed E-state index contributed by atoms with van der Waals surface area (Å²) >= 11 is 6.16. The second-order valence-electron chi connectivity index (χ2n) is 3.52. The zero-order chi connectivity index (χ0) is 11.3. The summed E-state index contributed by atoms with van der Waals surface area (Å²) in [6.07, 6.45) is 1.67. The average Bonchev–Trinajstić information content (AvgIpc) is 2.26. The third kappa shape index (κ3) is 3.11. The molecule has 0 aliphatic heterocycles. The van der Waals surface area contributed by atoms with E-state index in [2.05, 4.69) is 6.07 Å². The van der Waals surface area contributed by atoms with Gasteiger partial charge in [0.05, 0.1) is 11.1 Å². The Bertz CT molecular complexity index is 396. The molecular formula is C13H14ClN. The van der Waals surface area contributed by atoms with Crippen molar-refractivity contribution < 1.29 is 0 Å². The molecule has 0 saturated carbocycles. The fourth-order valence-corrected chi connectivity index (χ4v) is 1.60. The van der Waals surface area contributed by atoms with Crippen molar-refractivity contribution in [3.63, 3.8) is 0 Å². The van der Waals surface area contributed by atoms with Crippen LogP contribution in [-0.2, 0) is 0 Å². The molecule has 0 bridgehead atoms. The molecule has 1 rings (SSSR count). The van der Waals surface area contributed by atoms with E-state index in [0.717, 1.165) is 18.4 Å². The Morgan fingerprint density at radius 2 is 1.93 bits per heavy atom. The van der Waals surface area contributed by atoms with E-state index in [1.807, 2.05) is 38.1 Å². The van der Waals surface area contributed by atoms with Crippen LogP contribution in [0.5, 0.6) is 0 Å². The molecule has 2 heteroatoms. The van der Waals surface area contributed by atoms with Crippen LogP contribution in [-0.4, -0.2) is 0 Å². The van der Waals surface area contributed by atoms with Crippen molar-refractivity contribution in [2.45, 2.75) is 26.7 Å². The summed E-state index contributed by atoms with van der Waals surface area (Å²) in [4.78, 5) is 0. The maximum Gasteiger partial charge on any atom is 0.0962 e. The summed E-state index contributed by atoms with van der Waals surface area (Å²) in [5.41, 5.74) is 2.78. The largest absolute Gasteiger partial charge is 0.193 e. The standard InChI is InChI=1S/C13H14ClN/c1-3-4-12(9-15)13(14)11-7-5-10(2)6-8-11/h5-8H,3-4H2,1-2H3. The summed E-state index contributed by atoms with van der Waals surface area (Å²) in [7, 11) is 0. The number of nitrogens with zero attached hydrogens (tertiary/aromatic N) is 1. The molecule has 15 heavy (non-hydrogen) atoms. The van der Waals surface area contributed by atoms with Gasteiger partial charge in [-0.15, -0.1) is 0 Å². The zero-order valence-electron chi connectivity index (χ0n) is 9.05. The fourth-order valence-electron chi connectivity index (χ4n) is 1.34. The second-order valence-corrected chi connectivity index (χ2v) is 3.90. The number of rotatable bonds is 3. The quantitative estimate of drug-likeness (QED) is 0.697. The van der Waals surface area contributed by atoms with Gasteiger partial charge in [-0.25, -0.2) is 0 Å². The molecular weight excluding hydrogens is 206 g/mol. The van der Waals surface area contributed by atoms with E-state index in [1.165, 1.54) is 5.56 Å². The highest BCUT2D eigenvalue weighted by Crippen LogP contribution is 2.25. The third-order valence-corrected chi connectivity index (χ3v) is 2.65. The van der Waals surface area contributed by atoms with E-state index < -0.39 is 0 Å². The normalized spacial score (nSPS) is 11.9. The van der Waals surface area contributed by atoms with Gasteiger partial charge in [-0.1, -0.05) is 54.8 Å². The first kappa shape index (κ1) is 11.8. The number of nitriles is 1. The van der Waals surface area contributed by atoms with Gasteiger partial charge >= 0.3 is 0 Å². The molecule has 0 radical (unpaired) electrons.